The second kappa shape index (κ2) is 9.21. The van der Waals surface area contributed by atoms with E-state index in [0.717, 1.165) is 52.5 Å². The van der Waals surface area contributed by atoms with E-state index in [0.29, 0.717) is 0 Å². The van der Waals surface area contributed by atoms with E-state index < -0.39 is 0 Å². The number of hydrogen-bond acceptors (Lipinski definition) is 2. The zero-order chi connectivity index (χ0) is 20.1. The lowest BCUT2D eigenvalue weighted by Gasteiger charge is -2.23. The smallest absolute Gasteiger partial charge is 0.252 e. The summed E-state index contributed by atoms with van der Waals surface area (Å²) in [6.07, 6.45) is 9.25. The van der Waals surface area contributed by atoms with Crippen molar-refractivity contribution in [2.24, 2.45) is 0 Å². The van der Waals surface area contributed by atoms with Crippen LogP contribution in [-0.2, 0) is 6.42 Å². The molecule has 0 saturated heterocycles. The van der Waals surface area contributed by atoms with Crippen LogP contribution in [-0.4, -0.2) is 16.9 Å². The van der Waals surface area contributed by atoms with Crippen LogP contribution in [0.3, 0.4) is 0 Å². The van der Waals surface area contributed by atoms with Gasteiger partial charge in [0.15, 0.2) is 0 Å². The first-order valence-electron chi connectivity index (χ1n) is 11.1. The summed E-state index contributed by atoms with van der Waals surface area (Å²) in [5.41, 5.74) is 4.72. The fourth-order valence-corrected chi connectivity index (χ4v) is 4.55. The third-order valence-electron chi connectivity index (χ3n) is 6.06. The van der Waals surface area contributed by atoms with Crippen LogP contribution in [0.15, 0.2) is 54.6 Å². The van der Waals surface area contributed by atoms with Crippen molar-refractivity contribution in [2.45, 2.75) is 64.3 Å². The molecular formula is C26H30N2O. The molecule has 4 rings (SSSR count). The minimum Gasteiger partial charge on any atom is -0.349 e. The molecule has 1 amide bonds. The van der Waals surface area contributed by atoms with Crippen LogP contribution in [0.4, 0.5) is 0 Å². The Kier molecular flexibility index (Phi) is 6.24. The Morgan fingerprint density at radius 3 is 2.31 bits per heavy atom. The molecule has 2 aromatic carbocycles. The van der Waals surface area contributed by atoms with Crippen LogP contribution in [0, 0.1) is 0 Å². The minimum absolute atomic E-state index is 0.0585. The van der Waals surface area contributed by atoms with Crippen LogP contribution in [0.5, 0.6) is 0 Å². The van der Waals surface area contributed by atoms with Crippen molar-refractivity contribution in [3.05, 3.63) is 65.7 Å². The fourth-order valence-electron chi connectivity index (χ4n) is 4.55. The molecule has 1 N–H and O–H groups in total. The van der Waals surface area contributed by atoms with E-state index in [1.807, 2.05) is 42.5 Å². The summed E-state index contributed by atoms with van der Waals surface area (Å²) in [4.78, 5) is 18.5. The Hall–Kier alpha value is -2.68. The molecule has 1 aromatic heterocycles. The summed E-state index contributed by atoms with van der Waals surface area (Å²) in [5, 5.41) is 4.33. The second-order valence-corrected chi connectivity index (χ2v) is 8.07. The minimum atomic E-state index is 0.0585. The first kappa shape index (κ1) is 19.6. The van der Waals surface area contributed by atoms with Crippen LogP contribution in [0.1, 0.15) is 67.8 Å². The molecule has 0 unspecified atom stereocenters. The molecule has 29 heavy (non-hydrogen) atoms. The molecule has 1 heterocycles. The van der Waals surface area contributed by atoms with Crippen molar-refractivity contribution in [2.75, 3.05) is 0 Å². The van der Waals surface area contributed by atoms with E-state index in [1.165, 1.54) is 32.1 Å². The van der Waals surface area contributed by atoms with Gasteiger partial charge in [-0.3, -0.25) is 4.79 Å². The average molecular weight is 387 g/mol. The average Bonchev–Trinajstić information content (AvgIpc) is 2.74. The number of rotatable bonds is 4. The molecule has 1 aliphatic rings. The second-order valence-electron chi connectivity index (χ2n) is 8.07. The number of benzene rings is 2. The number of pyridine rings is 1. The zero-order valence-corrected chi connectivity index (χ0v) is 17.3. The van der Waals surface area contributed by atoms with Crippen molar-refractivity contribution in [3.8, 4) is 11.3 Å². The van der Waals surface area contributed by atoms with Gasteiger partial charge in [0.2, 0.25) is 0 Å². The third-order valence-corrected chi connectivity index (χ3v) is 6.06. The van der Waals surface area contributed by atoms with Gasteiger partial charge in [0, 0.05) is 17.0 Å². The summed E-state index contributed by atoms with van der Waals surface area (Å²) in [6.45, 7) is 2.12. The number of aromatic nitrogens is 1. The largest absolute Gasteiger partial charge is 0.349 e. The summed E-state index contributed by atoms with van der Waals surface area (Å²) in [7, 11) is 0. The highest BCUT2D eigenvalue weighted by molar-refractivity contribution is 6.09. The van der Waals surface area contributed by atoms with Crippen molar-refractivity contribution in [3.63, 3.8) is 0 Å². The van der Waals surface area contributed by atoms with Crippen molar-refractivity contribution in [1.82, 2.24) is 10.3 Å². The maximum absolute atomic E-state index is 13.5. The van der Waals surface area contributed by atoms with Gasteiger partial charge in [-0.2, -0.15) is 0 Å². The number of nitrogens with zero attached hydrogens (tertiary/aromatic N) is 1. The van der Waals surface area contributed by atoms with Gasteiger partial charge in [-0.25, -0.2) is 4.98 Å². The Bertz CT molecular complexity index is 973. The van der Waals surface area contributed by atoms with Crippen LogP contribution >= 0.6 is 0 Å². The Labute approximate surface area is 173 Å². The highest BCUT2D eigenvalue weighted by Gasteiger charge is 2.22. The van der Waals surface area contributed by atoms with Gasteiger partial charge in [0.1, 0.15) is 0 Å². The summed E-state index contributed by atoms with van der Waals surface area (Å²) in [6, 6.07) is 18.5. The lowest BCUT2D eigenvalue weighted by molar-refractivity contribution is 0.0931. The van der Waals surface area contributed by atoms with Gasteiger partial charge in [-0.15, -0.1) is 0 Å². The maximum Gasteiger partial charge on any atom is 0.252 e. The number of amides is 1. The molecule has 1 fully saturated rings. The number of fused-ring (bicyclic) bond motifs is 1. The van der Waals surface area contributed by atoms with E-state index in [2.05, 4.69) is 24.4 Å². The predicted molar refractivity (Wildman–Crippen MR) is 120 cm³/mol. The third kappa shape index (κ3) is 4.34. The Morgan fingerprint density at radius 2 is 1.59 bits per heavy atom. The van der Waals surface area contributed by atoms with E-state index in [-0.39, 0.29) is 11.9 Å². The maximum atomic E-state index is 13.5. The molecule has 1 aliphatic carbocycles. The van der Waals surface area contributed by atoms with Gasteiger partial charge < -0.3 is 5.32 Å². The van der Waals surface area contributed by atoms with Crippen LogP contribution in [0.25, 0.3) is 22.2 Å². The first-order chi connectivity index (χ1) is 14.3. The van der Waals surface area contributed by atoms with Crippen LogP contribution < -0.4 is 5.32 Å². The number of carbonyl (C=O) groups is 1. The highest BCUT2D eigenvalue weighted by Crippen LogP contribution is 2.31. The molecule has 1 saturated carbocycles. The van der Waals surface area contributed by atoms with Gasteiger partial charge in [-0.05, 0) is 30.9 Å². The quantitative estimate of drug-likeness (QED) is 0.571. The molecule has 3 heteroatoms. The SMILES string of the molecule is CCc1c(-c2ccccc2)nc2ccccc2c1C(=O)NC1CCCCCCC1. The number of para-hydroxylation sites is 1. The monoisotopic (exact) mass is 386 g/mol. The zero-order valence-electron chi connectivity index (χ0n) is 17.3. The predicted octanol–water partition coefficient (Wildman–Crippen LogP) is 6.31. The number of nitrogens with one attached hydrogen (secondary N) is 1. The summed E-state index contributed by atoms with van der Waals surface area (Å²) >= 11 is 0. The molecule has 0 radical (unpaired) electrons. The Balaban J connectivity index is 1.78. The molecule has 150 valence electrons. The summed E-state index contributed by atoms with van der Waals surface area (Å²) in [5.74, 6) is 0.0585. The first-order valence-corrected chi connectivity index (χ1v) is 11.1. The lowest BCUT2D eigenvalue weighted by Crippen LogP contribution is -2.36. The van der Waals surface area contributed by atoms with Gasteiger partial charge in [-0.1, -0.05) is 87.6 Å². The normalized spacial score (nSPS) is 15.6. The van der Waals surface area contributed by atoms with E-state index in [1.54, 1.807) is 0 Å². The van der Waals surface area contributed by atoms with Gasteiger partial charge in [0.25, 0.3) is 5.91 Å². The van der Waals surface area contributed by atoms with Crippen molar-refractivity contribution >= 4 is 16.8 Å². The molecule has 0 spiro atoms. The topological polar surface area (TPSA) is 42.0 Å². The number of carbonyl (C=O) groups excluding carboxylic acids is 1. The Morgan fingerprint density at radius 1 is 0.931 bits per heavy atom. The molecule has 3 nitrogen and oxygen atoms in total. The fraction of sp³-hybridized carbons (Fsp3) is 0.385. The van der Waals surface area contributed by atoms with Crippen molar-refractivity contribution in [1.29, 1.82) is 0 Å². The van der Waals surface area contributed by atoms with Crippen molar-refractivity contribution < 1.29 is 4.79 Å². The molecular weight excluding hydrogens is 356 g/mol. The standard InChI is InChI=1S/C26H30N2O/c1-2-21-24(26(29)27-20-15-9-4-3-5-10-16-20)22-17-11-12-18-23(22)28-25(21)19-13-7-6-8-14-19/h6-8,11-14,17-18,20H,2-5,9-10,15-16H2,1H3,(H,27,29). The highest BCUT2D eigenvalue weighted by atomic mass is 16.1. The molecule has 3 aromatic rings. The molecule has 0 bridgehead atoms. The van der Waals surface area contributed by atoms with E-state index >= 15 is 0 Å². The lowest BCUT2D eigenvalue weighted by atomic mass is 9.93. The van der Waals surface area contributed by atoms with E-state index in [9.17, 15) is 4.79 Å². The van der Waals surface area contributed by atoms with Gasteiger partial charge in [0.05, 0.1) is 16.8 Å². The van der Waals surface area contributed by atoms with E-state index in [4.69, 9.17) is 4.98 Å². The van der Waals surface area contributed by atoms with Gasteiger partial charge >= 0.3 is 0 Å². The van der Waals surface area contributed by atoms with Crippen LogP contribution in [0.2, 0.25) is 0 Å². The molecule has 0 atom stereocenters. The number of hydrogen-bond donors (Lipinski definition) is 1. The summed E-state index contributed by atoms with van der Waals surface area (Å²) < 4.78 is 0. The molecule has 0 aliphatic heterocycles.